The van der Waals surface area contributed by atoms with Gasteiger partial charge < -0.3 is 8.83 Å². The van der Waals surface area contributed by atoms with Gasteiger partial charge in [-0.05, 0) is 45.6 Å². The number of nitrogens with zero attached hydrogens (tertiary/aromatic N) is 2. The molecule has 0 aliphatic rings. The molecule has 8 heteroatoms. The Morgan fingerprint density at radius 1 is 1.29 bits per heavy atom. The number of hydrogen-bond acceptors (Lipinski definition) is 6. The van der Waals surface area contributed by atoms with E-state index in [0.717, 1.165) is 4.88 Å². The zero-order valence-corrected chi connectivity index (χ0v) is 12.8. The highest BCUT2D eigenvalue weighted by molar-refractivity contribution is 9.10. The van der Waals surface area contributed by atoms with Crippen molar-refractivity contribution < 1.29 is 13.6 Å². The van der Waals surface area contributed by atoms with Crippen LogP contribution in [0.2, 0.25) is 0 Å². The van der Waals surface area contributed by atoms with Gasteiger partial charge in [-0.25, -0.2) is 0 Å². The van der Waals surface area contributed by atoms with E-state index in [9.17, 15) is 4.79 Å². The third-order valence-electron chi connectivity index (χ3n) is 2.38. The van der Waals surface area contributed by atoms with Gasteiger partial charge in [0.1, 0.15) is 0 Å². The first kappa shape index (κ1) is 13.8. The molecule has 3 heterocycles. The van der Waals surface area contributed by atoms with Gasteiger partial charge in [0.15, 0.2) is 10.4 Å². The summed E-state index contributed by atoms with van der Waals surface area (Å²) in [7, 11) is 0. The summed E-state index contributed by atoms with van der Waals surface area (Å²) in [6, 6.07) is 7.22. The largest absolute Gasteiger partial charge is 0.444 e. The summed E-state index contributed by atoms with van der Waals surface area (Å²) in [6.07, 6.45) is 3.11. The highest BCUT2D eigenvalue weighted by Gasteiger charge is 2.13. The van der Waals surface area contributed by atoms with Crippen LogP contribution in [0.15, 0.2) is 49.2 Å². The molecule has 0 aliphatic carbocycles. The molecule has 3 aromatic rings. The first-order valence-corrected chi connectivity index (χ1v) is 7.50. The fraction of sp³-hybridized carbons (Fsp3) is 0. The Morgan fingerprint density at radius 2 is 2.19 bits per heavy atom. The third kappa shape index (κ3) is 3.47. The summed E-state index contributed by atoms with van der Waals surface area (Å²) in [5, 5.41) is 11.9. The van der Waals surface area contributed by atoms with E-state index in [1.165, 1.54) is 17.4 Å². The van der Waals surface area contributed by atoms with E-state index in [0.29, 0.717) is 10.4 Å². The smallest absolute Gasteiger partial charge is 0.322 e. The van der Waals surface area contributed by atoms with E-state index in [-0.39, 0.29) is 17.8 Å². The van der Waals surface area contributed by atoms with Gasteiger partial charge in [-0.1, -0.05) is 11.2 Å². The number of anilines is 1. The quantitative estimate of drug-likeness (QED) is 0.711. The Kier molecular flexibility index (Phi) is 3.98. The van der Waals surface area contributed by atoms with E-state index in [2.05, 4.69) is 31.4 Å². The van der Waals surface area contributed by atoms with Crippen LogP contribution in [0.5, 0.6) is 0 Å². The minimum absolute atomic E-state index is 0.0124. The van der Waals surface area contributed by atoms with E-state index in [4.69, 9.17) is 8.83 Å². The summed E-state index contributed by atoms with van der Waals surface area (Å²) >= 11 is 4.72. The van der Waals surface area contributed by atoms with Crippen LogP contribution >= 0.6 is 27.3 Å². The molecule has 3 aromatic heterocycles. The molecule has 21 heavy (non-hydrogen) atoms. The van der Waals surface area contributed by atoms with Crippen molar-refractivity contribution in [3.05, 3.63) is 45.3 Å². The molecule has 0 aromatic carbocycles. The highest BCUT2D eigenvalue weighted by Crippen LogP contribution is 2.24. The van der Waals surface area contributed by atoms with Gasteiger partial charge in [-0.15, -0.1) is 16.4 Å². The number of carbonyl (C=O) groups is 1. The lowest BCUT2D eigenvalue weighted by Gasteiger charge is -1.93. The van der Waals surface area contributed by atoms with Crippen LogP contribution in [-0.2, 0) is 4.79 Å². The van der Waals surface area contributed by atoms with E-state index in [1.807, 2.05) is 17.5 Å². The summed E-state index contributed by atoms with van der Waals surface area (Å²) in [6.45, 7) is 0. The number of thiophene rings is 1. The van der Waals surface area contributed by atoms with Crippen LogP contribution in [0.4, 0.5) is 6.01 Å². The molecular formula is C13H8BrN3O3S. The average molecular weight is 366 g/mol. The van der Waals surface area contributed by atoms with Crippen molar-refractivity contribution in [3.8, 4) is 11.7 Å². The molecule has 3 rings (SSSR count). The lowest BCUT2D eigenvalue weighted by molar-refractivity contribution is -0.112. The van der Waals surface area contributed by atoms with Crippen molar-refractivity contribution in [1.82, 2.24) is 10.2 Å². The number of furan rings is 1. The second-order valence-electron chi connectivity index (χ2n) is 3.85. The molecule has 0 spiro atoms. The maximum atomic E-state index is 11.7. The van der Waals surface area contributed by atoms with Gasteiger partial charge in [0.05, 0.1) is 0 Å². The second-order valence-corrected chi connectivity index (χ2v) is 5.61. The summed E-state index contributed by atoms with van der Waals surface area (Å²) in [4.78, 5) is 12.7. The Bertz CT molecular complexity index is 776. The normalized spacial score (nSPS) is 11.1. The monoisotopic (exact) mass is 365 g/mol. The Morgan fingerprint density at radius 3 is 2.90 bits per heavy atom. The minimum Gasteiger partial charge on any atom is -0.444 e. The van der Waals surface area contributed by atoms with Crippen LogP contribution in [0, 0.1) is 0 Å². The number of aromatic nitrogens is 2. The summed E-state index contributed by atoms with van der Waals surface area (Å²) in [5.74, 6) is 0.265. The highest BCUT2D eigenvalue weighted by atomic mass is 79.9. The molecule has 1 amide bonds. The van der Waals surface area contributed by atoms with Gasteiger partial charge in [0, 0.05) is 11.0 Å². The molecule has 0 radical (unpaired) electrons. The van der Waals surface area contributed by atoms with Crippen molar-refractivity contribution in [2.45, 2.75) is 0 Å². The van der Waals surface area contributed by atoms with Crippen molar-refractivity contribution in [2.75, 3.05) is 5.32 Å². The van der Waals surface area contributed by atoms with Crippen molar-refractivity contribution in [1.29, 1.82) is 0 Å². The molecule has 6 nitrogen and oxygen atoms in total. The molecule has 0 saturated heterocycles. The van der Waals surface area contributed by atoms with Gasteiger partial charge >= 0.3 is 6.01 Å². The molecule has 0 atom stereocenters. The van der Waals surface area contributed by atoms with E-state index >= 15 is 0 Å². The standard InChI is InChI=1S/C13H8BrN3O3S/c14-10-5-4-9(19-10)12-16-17-13(20-12)15-11(18)6-3-8-2-1-7-21-8/h1-7H,(H,15,17,18)/b6-3+. The zero-order valence-electron chi connectivity index (χ0n) is 10.4. The minimum atomic E-state index is -0.348. The van der Waals surface area contributed by atoms with Gasteiger partial charge in [-0.2, -0.15) is 0 Å². The maximum Gasteiger partial charge on any atom is 0.322 e. The number of nitrogens with one attached hydrogen (secondary N) is 1. The predicted molar refractivity (Wildman–Crippen MR) is 81.7 cm³/mol. The lowest BCUT2D eigenvalue weighted by atomic mass is 10.4. The number of amides is 1. The van der Waals surface area contributed by atoms with Crippen LogP contribution < -0.4 is 5.32 Å². The molecule has 0 aliphatic heterocycles. The Labute approximate surface area is 131 Å². The van der Waals surface area contributed by atoms with Crippen LogP contribution in [0.25, 0.3) is 17.7 Å². The molecule has 106 valence electrons. The molecule has 0 unspecified atom stereocenters. The van der Waals surface area contributed by atoms with E-state index in [1.54, 1.807) is 18.2 Å². The first-order chi connectivity index (χ1) is 10.2. The lowest BCUT2D eigenvalue weighted by Crippen LogP contribution is -2.07. The van der Waals surface area contributed by atoms with Gasteiger partial charge in [0.2, 0.25) is 0 Å². The number of halogens is 1. The van der Waals surface area contributed by atoms with Crippen LogP contribution in [-0.4, -0.2) is 16.1 Å². The number of rotatable bonds is 4. The van der Waals surface area contributed by atoms with E-state index < -0.39 is 0 Å². The summed E-state index contributed by atoms with van der Waals surface area (Å²) < 4.78 is 11.1. The number of carbonyl (C=O) groups excluding carboxylic acids is 1. The van der Waals surface area contributed by atoms with Crippen molar-refractivity contribution in [2.24, 2.45) is 0 Å². The van der Waals surface area contributed by atoms with Crippen molar-refractivity contribution in [3.63, 3.8) is 0 Å². The molecule has 0 saturated carbocycles. The average Bonchev–Trinajstić information content (AvgIpc) is 3.17. The molecule has 0 bridgehead atoms. The first-order valence-electron chi connectivity index (χ1n) is 5.82. The van der Waals surface area contributed by atoms with Gasteiger partial charge in [0.25, 0.3) is 11.8 Å². The molecule has 0 fully saturated rings. The molecule has 1 N–H and O–H groups in total. The Balaban J connectivity index is 1.65. The number of hydrogen-bond donors (Lipinski definition) is 1. The SMILES string of the molecule is O=C(/C=C/c1cccs1)Nc1nnc(-c2ccc(Br)o2)o1. The molecular weight excluding hydrogens is 358 g/mol. The third-order valence-corrected chi connectivity index (χ3v) is 3.65. The second kappa shape index (κ2) is 6.06. The van der Waals surface area contributed by atoms with Crippen LogP contribution in [0.1, 0.15) is 4.88 Å². The fourth-order valence-electron chi connectivity index (χ4n) is 1.49. The topological polar surface area (TPSA) is 81.2 Å². The van der Waals surface area contributed by atoms with Crippen LogP contribution in [0.3, 0.4) is 0 Å². The predicted octanol–water partition coefficient (Wildman–Crippen LogP) is 3.81. The summed E-state index contributed by atoms with van der Waals surface area (Å²) in [5.41, 5.74) is 0. The fourth-order valence-corrected chi connectivity index (χ4v) is 2.42. The van der Waals surface area contributed by atoms with Gasteiger partial charge in [-0.3, -0.25) is 10.1 Å². The zero-order chi connectivity index (χ0) is 14.7. The van der Waals surface area contributed by atoms with Crippen molar-refractivity contribution >= 4 is 45.3 Å². The maximum absolute atomic E-state index is 11.7. The Hall–Kier alpha value is -2.19.